The SMILES string of the molecule is C[C@@H](c1ccc(S(N)(=O)=O)cc1)N(C)C(=O)NC[C@@H]1CCCO1. The van der Waals surface area contributed by atoms with Gasteiger partial charge in [-0.05, 0) is 37.5 Å². The first kappa shape index (κ1) is 17.7. The third-order valence-electron chi connectivity index (χ3n) is 4.10. The fourth-order valence-electron chi connectivity index (χ4n) is 2.47. The van der Waals surface area contributed by atoms with Gasteiger partial charge in [-0.1, -0.05) is 12.1 Å². The van der Waals surface area contributed by atoms with Crippen LogP contribution < -0.4 is 10.5 Å². The number of ether oxygens (including phenoxy) is 1. The number of benzene rings is 1. The first-order valence-electron chi connectivity index (χ1n) is 7.54. The van der Waals surface area contributed by atoms with Crippen LogP contribution in [-0.4, -0.2) is 45.7 Å². The number of carbonyl (C=O) groups is 1. The van der Waals surface area contributed by atoms with E-state index >= 15 is 0 Å². The summed E-state index contributed by atoms with van der Waals surface area (Å²) in [6, 6.07) is 5.82. The summed E-state index contributed by atoms with van der Waals surface area (Å²) in [7, 11) is -2.01. The van der Waals surface area contributed by atoms with Crippen LogP contribution in [0.25, 0.3) is 0 Å². The van der Waals surface area contributed by atoms with Crippen molar-refractivity contribution >= 4 is 16.1 Å². The van der Waals surface area contributed by atoms with Crippen LogP contribution in [0.1, 0.15) is 31.4 Å². The van der Waals surface area contributed by atoms with Gasteiger partial charge >= 0.3 is 6.03 Å². The number of primary sulfonamides is 1. The van der Waals surface area contributed by atoms with E-state index in [2.05, 4.69) is 5.32 Å². The van der Waals surface area contributed by atoms with Gasteiger partial charge in [0, 0.05) is 20.2 Å². The second-order valence-electron chi connectivity index (χ2n) is 5.72. The summed E-state index contributed by atoms with van der Waals surface area (Å²) in [5.74, 6) is 0. The van der Waals surface area contributed by atoms with E-state index in [-0.39, 0.29) is 23.1 Å². The Balaban J connectivity index is 1.95. The quantitative estimate of drug-likeness (QED) is 0.840. The maximum Gasteiger partial charge on any atom is 0.317 e. The zero-order valence-electron chi connectivity index (χ0n) is 13.4. The molecular formula is C15H23N3O4S. The van der Waals surface area contributed by atoms with Crippen molar-refractivity contribution in [3.05, 3.63) is 29.8 Å². The maximum absolute atomic E-state index is 12.2. The maximum atomic E-state index is 12.2. The molecule has 0 spiro atoms. The fourth-order valence-corrected chi connectivity index (χ4v) is 2.98. The number of nitrogens with two attached hydrogens (primary N) is 1. The highest BCUT2D eigenvalue weighted by Gasteiger charge is 2.21. The Morgan fingerprint density at radius 2 is 2.09 bits per heavy atom. The largest absolute Gasteiger partial charge is 0.376 e. The fraction of sp³-hybridized carbons (Fsp3) is 0.533. The third kappa shape index (κ3) is 4.66. The predicted molar refractivity (Wildman–Crippen MR) is 86.4 cm³/mol. The van der Waals surface area contributed by atoms with Crippen LogP contribution >= 0.6 is 0 Å². The Bertz CT molecular complexity index is 639. The molecule has 3 N–H and O–H groups in total. The normalized spacial score (nSPS) is 19.3. The minimum atomic E-state index is -3.71. The molecule has 0 saturated carbocycles. The monoisotopic (exact) mass is 341 g/mol. The average molecular weight is 341 g/mol. The molecule has 2 amide bonds. The van der Waals surface area contributed by atoms with E-state index in [0.717, 1.165) is 25.0 Å². The van der Waals surface area contributed by atoms with Crippen LogP contribution in [-0.2, 0) is 14.8 Å². The minimum absolute atomic E-state index is 0.0546. The van der Waals surface area contributed by atoms with E-state index in [0.29, 0.717) is 6.54 Å². The highest BCUT2D eigenvalue weighted by Crippen LogP contribution is 2.20. The first-order chi connectivity index (χ1) is 10.8. The molecule has 2 rings (SSSR count). The van der Waals surface area contributed by atoms with Gasteiger partial charge in [0.1, 0.15) is 0 Å². The second-order valence-corrected chi connectivity index (χ2v) is 7.28. The number of sulfonamides is 1. The zero-order valence-corrected chi connectivity index (χ0v) is 14.2. The van der Waals surface area contributed by atoms with Gasteiger partial charge in [-0.25, -0.2) is 18.4 Å². The van der Waals surface area contributed by atoms with Crippen molar-refractivity contribution in [2.75, 3.05) is 20.2 Å². The molecule has 1 aliphatic rings. The Kier molecular flexibility index (Phi) is 5.61. The van der Waals surface area contributed by atoms with Crippen LogP contribution in [0.3, 0.4) is 0 Å². The number of carbonyl (C=O) groups excluding carboxylic acids is 1. The molecule has 23 heavy (non-hydrogen) atoms. The number of nitrogens with zero attached hydrogens (tertiary/aromatic N) is 1. The van der Waals surface area contributed by atoms with Crippen molar-refractivity contribution in [1.82, 2.24) is 10.2 Å². The van der Waals surface area contributed by atoms with E-state index in [4.69, 9.17) is 9.88 Å². The van der Waals surface area contributed by atoms with Gasteiger partial charge in [-0.2, -0.15) is 0 Å². The van der Waals surface area contributed by atoms with Crippen LogP contribution in [0.15, 0.2) is 29.2 Å². The summed E-state index contributed by atoms with van der Waals surface area (Å²) in [5.41, 5.74) is 0.826. The summed E-state index contributed by atoms with van der Waals surface area (Å²) in [6.07, 6.45) is 2.09. The first-order valence-corrected chi connectivity index (χ1v) is 9.08. The lowest BCUT2D eigenvalue weighted by Gasteiger charge is -2.26. The van der Waals surface area contributed by atoms with Gasteiger partial charge in [0.25, 0.3) is 0 Å². The molecule has 0 radical (unpaired) electrons. The highest BCUT2D eigenvalue weighted by atomic mass is 32.2. The predicted octanol–water partition coefficient (Wildman–Crippen LogP) is 1.22. The van der Waals surface area contributed by atoms with Gasteiger partial charge in [0.15, 0.2) is 0 Å². The van der Waals surface area contributed by atoms with Gasteiger partial charge in [0.05, 0.1) is 17.0 Å². The molecule has 0 bridgehead atoms. The zero-order chi connectivity index (χ0) is 17.0. The topological polar surface area (TPSA) is 102 Å². The standard InChI is InChI=1S/C15H23N3O4S/c1-11(12-5-7-14(8-6-12)23(16,20)21)18(2)15(19)17-10-13-4-3-9-22-13/h5-8,11,13H,3-4,9-10H2,1-2H3,(H,17,19)(H2,16,20,21)/t11-,13-/m0/s1. The van der Waals surface area contributed by atoms with Gasteiger partial charge in [-0.15, -0.1) is 0 Å². The van der Waals surface area contributed by atoms with Crippen molar-refractivity contribution in [3.63, 3.8) is 0 Å². The number of rotatable bonds is 5. The molecule has 128 valence electrons. The lowest BCUT2D eigenvalue weighted by molar-refractivity contribution is 0.108. The molecule has 7 nitrogen and oxygen atoms in total. The van der Waals surface area contributed by atoms with E-state index in [1.807, 2.05) is 6.92 Å². The summed E-state index contributed by atoms with van der Waals surface area (Å²) in [4.78, 5) is 13.8. The molecule has 1 fully saturated rings. The van der Waals surface area contributed by atoms with Crippen molar-refractivity contribution in [3.8, 4) is 0 Å². The Labute approximate surface area is 136 Å². The summed E-state index contributed by atoms with van der Waals surface area (Å²) < 4.78 is 28.0. The lowest BCUT2D eigenvalue weighted by atomic mass is 10.1. The van der Waals surface area contributed by atoms with E-state index in [1.54, 1.807) is 24.1 Å². The molecule has 1 aromatic carbocycles. The van der Waals surface area contributed by atoms with Crippen molar-refractivity contribution in [2.45, 2.75) is 36.8 Å². The van der Waals surface area contributed by atoms with Crippen LogP contribution in [0.5, 0.6) is 0 Å². The van der Waals surface area contributed by atoms with Gasteiger partial charge in [-0.3, -0.25) is 0 Å². The summed E-state index contributed by atoms with van der Waals surface area (Å²) in [5, 5.41) is 7.93. The van der Waals surface area contributed by atoms with E-state index in [1.165, 1.54) is 12.1 Å². The molecule has 1 saturated heterocycles. The van der Waals surface area contributed by atoms with E-state index in [9.17, 15) is 13.2 Å². The van der Waals surface area contributed by atoms with Crippen molar-refractivity contribution in [2.24, 2.45) is 5.14 Å². The minimum Gasteiger partial charge on any atom is -0.376 e. The van der Waals surface area contributed by atoms with Crippen molar-refractivity contribution < 1.29 is 17.9 Å². The molecule has 1 heterocycles. The molecule has 8 heteroatoms. The number of amides is 2. The second kappa shape index (κ2) is 7.29. The van der Waals surface area contributed by atoms with Crippen LogP contribution in [0.2, 0.25) is 0 Å². The Morgan fingerprint density at radius 3 is 2.61 bits per heavy atom. The van der Waals surface area contributed by atoms with Crippen molar-refractivity contribution in [1.29, 1.82) is 0 Å². The average Bonchev–Trinajstić information content (AvgIpc) is 3.04. The molecule has 2 atom stereocenters. The molecule has 0 aromatic heterocycles. The number of hydrogen-bond donors (Lipinski definition) is 2. The summed E-state index contributed by atoms with van der Waals surface area (Å²) in [6.45, 7) is 3.13. The van der Waals surface area contributed by atoms with E-state index < -0.39 is 10.0 Å². The number of nitrogens with one attached hydrogen (secondary N) is 1. The number of hydrogen-bond acceptors (Lipinski definition) is 4. The molecule has 0 aliphatic carbocycles. The smallest absolute Gasteiger partial charge is 0.317 e. The third-order valence-corrected chi connectivity index (χ3v) is 5.03. The van der Waals surface area contributed by atoms with Gasteiger partial charge in [0.2, 0.25) is 10.0 Å². The van der Waals surface area contributed by atoms with Crippen LogP contribution in [0.4, 0.5) is 4.79 Å². The van der Waals surface area contributed by atoms with Crippen LogP contribution in [0, 0.1) is 0 Å². The lowest BCUT2D eigenvalue weighted by Crippen LogP contribution is -2.41. The molecule has 1 aromatic rings. The summed E-state index contributed by atoms with van der Waals surface area (Å²) >= 11 is 0. The molecule has 1 aliphatic heterocycles. The highest BCUT2D eigenvalue weighted by molar-refractivity contribution is 7.89. The van der Waals surface area contributed by atoms with Gasteiger partial charge < -0.3 is 15.0 Å². The Morgan fingerprint density at radius 1 is 1.43 bits per heavy atom. The molecule has 0 unspecified atom stereocenters. The number of urea groups is 1. The molecular weight excluding hydrogens is 318 g/mol. The Hall–Kier alpha value is -1.64.